The van der Waals surface area contributed by atoms with Gasteiger partial charge in [0.1, 0.15) is 11.6 Å². The van der Waals surface area contributed by atoms with E-state index in [-0.39, 0.29) is 11.7 Å². The van der Waals surface area contributed by atoms with Gasteiger partial charge in [-0.25, -0.2) is 4.39 Å². The molecule has 0 bridgehead atoms. The van der Waals surface area contributed by atoms with Crippen LogP contribution in [0.5, 0.6) is 5.75 Å². The van der Waals surface area contributed by atoms with Crippen LogP contribution >= 0.6 is 11.3 Å². The van der Waals surface area contributed by atoms with Crippen LogP contribution in [0, 0.1) is 5.82 Å². The Balaban J connectivity index is 1.47. The second-order valence-electron chi connectivity index (χ2n) is 7.23. The number of ether oxygens (including phenoxy) is 1. The van der Waals surface area contributed by atoms with Crippen LogP contribution in [0.4, 0.5) is 4.39 Å². The van der Waals surface area contributed by atoms with E-state index < -0.39 is 0 Å². The fourth-order valence-corrected chi connectivity index (χ4v) is 4.60. The quantitative estimate of drug-likeness (QED) is 0.292. The van der Waals surface area contributed by atoms with Crippen LogP contribution in [-0.4, -0.2) is 30.5 Å². The van der Waals surface area contributed by atoms with Gasteiger partial charge >= 0.3 is 0 Å². The first kappa shape index (κ1) is 21.1. The first-order chi connectivity index (χ1) is 15.2. The fraction of sp³-hybridized carbons (Fsp3) is 0.192. The Bertz CT molecular complexity index is 1170. The third kappa shape index (κ3) is 4.78. The Morgan fingerprint density at radius 1 is 0.968 bits per heavy atom. The maximum atomic E-state index is 13.4. The number of hydrogen-bond acceptors (Lipinski definition) is 3. The zero-order valence-electron chi connectivity index (χ0n) is 17.4. The summed E-state index contributed by atoms with van der Waals surface area (Å²) < 4.78 is 19.9. The van der Waals surface area contributed by atoms with Crippen LogP contribution in [0.1, 0.15) is 23.7 Å². The molecule has 4 aromatic rings. The number of carbonyl (C=O) groups excluding carboxylic acids is 1. The molecule has 0 spiro atoms. The lowest BCUT2D eigenvalue weighted by Crippen LogP contribution is -2.32. The van der Waals surface area contributed by atoms with Gasteiger partial charge in [-0.15, -0.1) is 11.3 Å². The molecule has 0 radical (unpaired) electrons. The van der Waals surface area contributed by atoms with Crippen LogP contribution in [0.15, 0.2) is 78.2 Å². The Morgan fingerprint density at radius 3 is 2.52 bits per heavy atom. The van der Waals surface area contributed by atoms with Crippen molar-refractivity contribution in [2.45, 2.75) is 13.3 Å². The van der Waals surface area contributed by atoms with Gasteiger partial charge in [0.25, 0.3) is 5.91 Å². The molecule has 0 saturated heterocycles. The summed E-state index contributed by atoms with van der Waals surface area (Å²) in [5.74, 6) is 0.368. The van der Waals surface area contributed by atoms with Crippen LogP contribution in [-0.2, 0) is 0 Å². The van der Waals surface area contributed by atoms with Crippen LogP contribution in [0.3, 0.4) is 0 Å². The number of carbonyl (C=O) groups is 1. The van der Waals surface area contributed by atoms with Crippen LogP contribution in [0.25, 0.3) is 21.2 Å². The minimum Gasteiger partial charge on any atom is -0.494 e. The summed E-state index contributed by atoms with van der Waals surface area (Å²) in [7, 11) is 0. The van der Waals surface area contributed by atoms with Gasteiger partial charge in [-0.3, -0.25) is 4.79 Å². The molecule has 158 valence electrons. The highest BCUT2D eigenvalue weighted by Crippen LogP contribution is 2.35. The number of rotatable bonds is 8. The summed E-state index contributed by atoms with van der Waals surface area (Å²) in [4.78, 5) is 15.2. The molecule has 31 heavy (non-hydrogen) atoms. The van der Waals surface area contributed by atoms with E-state index >= 15 is 0 Å². The van der Waals surface area contributed by atoms with Crippen molar-refractivity contribution in [2.75, 3.05) is 19.7 Å². The van der Waals surface area contributed by atoms with E-state index in [1.54, 1.807) is 23.5 Å². The zero-order chi connectivity index (χ0) is 21.6. The van der Waals surface area contributed by atoms with Gasteiger partial charge in [0.2, 0.25) is 0 Å². The van der Waals surface area contributed by atoms with Crippen molar-refractivity contribution in [3.05, 3.63) is 89.6 Å². The summed E-state index contributed by atoms with van der Waals surface area (Å²) in [5, 5.41) is 3.30. The summed E-state index contributed by atoms with van der Waals surface area (Å²) in [6.07, 6.45) is 0.695. The summed E-state index contributed by atoms with van der Waals surface area (Å²) in [6, 6.07) is 22.1. The lowest BCUT2D eigenvalue weighted by atomic mass is 9.98. The first-order valence-electron chi connectivity index (χ1n) is 10.4. The van der Waals surface area contributed by atoms with E-state index in [9.17, 15) is 9.18 Å². The van der Waals surface area contributed by atoms with Crippen molar-refractivity contribution in [3.8, 4) is 16.9 Å². The smallest absolute Gasteiger partial charge is 0.254 e. The predicted octanol–water partition coefficient (Wildman–Crippen LogP) is 6.64. The molecule has 0 aliphatic heterocycles. The third-order valence-corrected chi connectivity index (χ3v) is 6.22. The van der Waals surface area contributed by atoms with Crippen LogP contribution < -0.4 is 4.74 Å². The fourth-order valence-electron chi connectivity index (χ4n) is 3.64. The number of thiophene rings is 1. The number of halogens is 1. The minimum atomic E-state index is -0.285. The van der Waals surface area contributed by atoms with Crippen molar-refractivity contribution in [3.63, 3.8) is 0 Å². The van der Waals surface area contributed by atoms with Gasteiger partial charge < -0.3 is 9.64 Å². The molecule has 4 rings (SSSR count). The van der Waals surface area contributed by atoms with E-state index in [1.807, 2.05) is 48.2 Å². The number of hydrogen-bond donors (Lipinski definition) is 0. The van der Waals surface area contributed by atoms with Gasteiger partial charge in [0.05, 0.1) is 6.61 Å². The van der Waals surface area contributed by atoms with Gasteiger partial charge in [-0.2, -0.15) is 0 Å². The Hall–Kier alpha value is -3.18. The highest BCUT2D eigenvalue weighted by molar-refractivity contribution is 7.17. The monoisotopic (exact) mass is 433 g/mol. The Labute approximate surface area is 185 Å². The van der Waals surface area contributed by atoms with Gasteiger partial charge in [0, 0.05) is 34.3 Å². The molecule has 0 unspecified atom stereocenters. The lowest BCUT2D eigenvalue weighted by molar-refractivity contribution is 0.0757. The molecule has 3 nitrogen and oxygen atoms in total. The van der Waals surface area contributed by atoms with E-state index in [2.05, 4.69) is 17.5 Å². The molecule has 5 heteroatoms. The average molecular weight is 434 g/mol. The lowest BCUT2D eigenvalue weighted by Gasteiger charge is -2.22. The molecule has 0 fully saturated rings. The Morgan fingerprint density at radius 2 is 1.71 bits per heavy atom. The molecule has 0 atom stereocenters. The average Bonchev–Trinajstić information content (AvgIpc) is 3.24. The van der Waals surface area contributed by atoms with Crippen molar-refractivity contribution in [2.24, 2.45) is 0 Å². The molecular weight excluding hydrogens is 409 g/mol. The standard InChI is InChI=1S/C26H24FNO2S/c1-2-28(16-7-17-30-20-14-12-19(27)13-15-20)26(29)23-10-4-3-8-21(23)24-18-31-25-11-6-5-9-22(24)25/h3-6,8-15,18H,2,7,16-17H2,1H3. The maximum Gasteiger partial charge on any atom is 0.254 e. The van der Waals surface area contributed by atoms with Gasteiger partial charge in [0.15, 0.2) is 0 Å². The molecular formula is C26H24FNO2S. The summed E-state index contributed by atoms with van der Waals surface area (Å²) >= 11 is 1.69. The molecule has 1 heterocycles. The normalized spacial score (nSPS) is 10.9. The van der Waals surface area contributed by atoms with Crippen molar-refractivity contribution in [1.82, 2.24) is 4.90 Å². The predicted molar refractivity (Wildman–Crippen MR) is 125 cm³/mol. The second-order valence-corrected chi connectivity index (χ2v) is 8.14. The number of amides is 1. The first-order valence-corrected chi connectivity index (χ1v) is 11.3. The number of benzene rings is 3. The van der Waals surface area contributed by atoms with Crippen molar-refractivity contribution < 1.29 is 13.9 Å². The molecule has 1 amide bonds. The summed E-state index contributed by atoms with van der Waals surface area (Å²) in [5.41, 5.74) is 2.78. The van der Waals surface area contributed by atoms with E-state index in [0.29, 0.717) is 37.4 Å². The van der Waals surface area contributed by atoms with Crippen molar-refractivity contribution >= 4 is 27.3 Å². The van der Waals surface area contributed by atoms with Gasteiger partial charge in [-0.05, 0) is 60.7 Å². The third-order valence-electron chi connectivity index (χ3n) is 5.25. The molecule has 1 aromatic heterocycles. The highest BCUT2D eigenvalue weighted by atomic mass is 32.1. The number of nitrogens with zero attached hydrogens (tertiary/aromatic N) is 1. The number of fused-ring (bicyclic) bond motifs is 1. The van der Waals surface area contributed by atoms with E-state index in [4.69, 9.17) is 4.74 Å². The van der Waals surface area contributed by atoms with E-state index in [1.165, 1.54) is 22.2 Å². The molecule has 0 aliphatic rings. The molecule has 3 aromatic carbocycles. The minimum absolute atomic E-state index is 0.0233. The molecule has 0 aliphatic carbocycles. The SMILES string of the molecule is CCN(CCCOc1ccc(F)cc1)C(=O)c1ccccc1-c1csc2ccccc12. The summed E-state index contributed by atoms with van der Waals surface area (Å²) in [6.45, 7) is 3.66. The maximum absolute atomic E-state index is 13.4. The largest absolute Gasteiger partial charge is 0.494 e. The van der Waals surface area contributed by atoms with E-state index in [0.717, 1.165) is 11.1 Å². The highest BCUT2D eigenvalue weighted by Gasteiger charge is 2.19. The topological polar surface area (TPSA) is 29.5 Å². The van der Waals surface area contributed by atoms with Gasteiger partial charge in [-0.1, -0.05) is 36.4 Å². The molecule has 0 N–H and O–H groups in total. The Kier molecular flexibility index (Phi) is 6.63. The molecule has 0 saturated carbocycles. The van der Waals surface area contributed by atoms with Crippen molar-refractivity contribution in [1.29, 1.82) is 0 Å². The zero-order valence-corrected chi connectivity index (χ0v) is 18.2. The second kappa shape index (κ2) is 9.75. The van der Waals surface area contributed by atoms with Crippen LogP contribution in [0.2, 0.25) is 0 Å².